The van der Waals surface area contributed by atoms with Crippen LogP contribution in [0, 0.1) is 34.5 Å². The van der Waals surface area contributed by atoms with Gasteiger partial charge in [0.05, 0.1) is 0 Å². The third-order valence-corrected chi connectivity index (χ3v) is 30.6. The van der Waals surface area contributed by atoms with Gasteiger partial charge < -0.3 is 0 Å². The Bertz CT molecular complexity index is 2150. The van der Waals surface area contributed by atoms with Crippen LogP contribution >= 0.6 is 36.4 Å². The van der Waals surface area contributed by atoms with E-state index < -0.39 is 19.8 Å². The molecular formula is C48H56Cl3Zr. The first kappa shape index (κ1) is 39.7. The second kappa shape index (κ2) is 13.3. The molecule has 0 spiro atoms. The van der Waals surface area contributed by atoms with Crippen molar-refractivity contribution in [3.8, 4) is 0 Å². The fourth-order valence-electron chi connectivity index (χ4n) is 12.1. The van der Waals surface area contributed by atoms with E-state index in [1.165, 1.54) is 28.7 Å². The minimum absolute atomic E-state index is 0. The Labute approximate surface area is 335 Å². The Morgan fingerprint density at radius 1 is 0.788 bits per heavy atom. The molecule has 0 saturated heterocycles. The predicted octanol–water partition coefficient (Wildman–Crippen LogP) is 13.5. The van der Waals surface area contributed by atoms with E-state index in [-0.39, 0.29) is 49.6 Å². The third-order valence-electron chi connectivity index (χ3n) is 16.0. The maximum absolute atomic E-state index is 6.85. The van der Waals surface area contributed by atoms with E-state index >= 15 is 0 Å². The monoisotopic (exact) mass is 827 g/mol. The minimum Gasteiger partial charge on any atom is -0.147 e. The zero-order valence-electron chi connectivity index (χ0n) is 32.5. The summed E-state index contributed by atoms with van der Waals surface area (Å²) in [7, 11) is 0. The zero-order valence-corrected chi connectivity index (χ0v) is 37.3. The number of aryl methyl sites for hydroxylation is 1. The van der Waals surface area contributed by atoms with Crippen molar-refractivity contribution in [2.45, 2.75) is 91.1 Å². The van der Waals surface area contributed by atoms with Crippen molar-refractivity contribution < 1.29 is 19.8 Å². The van der Waals surface area contributed by atoms with Crippen LogP contribution in [-0.2, 0) is 26.2 Å². The Balaban J connectivity index is 0.00000232. The van der Waals surface area contributed by atoms with E-state index in [1.54, 1.807) is 28.8 Å². The topological polar surface area (TPSA) is 0 Å². The molecule has 1 saturated carbocycles. The molecule has 5 aliphatic carbocycles. The van der Waals surface area contributed by atoms with Crippen LogP contribution in [0.4, 0.5) is 0 Å². The molecule has 273 valence electrons. The first-order valence-corrected chi connectivity index (χ1v) is 24.4. The van der Waals surface area contributed by atoms with Gasteiger partial charge in [0.2, 0.25) is 0 Å². The molecule has 4 heteroatoms. The van der Waals surface area contributed by atoms with Crippen LogP contribution in [0.2, 0.25) is 8.15 Å². The standard InChI is InChI=1S/C29H37.C7H5Cl.C7H7.C5H5.2ClH.Zr/c1-18-25-22-17-19-13-9-10-14-20(19)24(22)21-15-11-12-16-23(21)29(25,8)28(6,7)27(4,5)26(18,2)3;1-6-3-2-4-7(8)5-6;1-7-5-3-2-4-6-7;1-2-4-5-3-1;;;/h9-11,13-15,23H,12,16-17H2,1-8H3;1-5H;3-6H,1H3;1-3H,4H2;2*1H;. The second-order valence-corrected chi connectivity index (χ2v) is 28.5. The van der Waals surface area contributed by atoms with Gasteiger partial charge in [0.25, 0.3) is 0 Å². The van der Waals surface area contributed by atoms with E-state index in [2.05, 4.69) is 163 Å². The van der Waals surface area contributed by atoms with Crippen molar-refractivity contribution >= 4 is 49.0 Å². The van der Waals surface area contributed by atoms with Crippen LogP contribution in [0.25, 0.3) is 5.57 Å². The molecule has 4 atom stereocenters. The molecule has 4 unspecified atom stereocenters. The molecule has 0 amide bonds. The van der Waals surface area contributed by atoms with E-state index in [0.29, 0.717) is 5.92 Å². The molecule has 8 rings (SSSR count). The summed E-state index contributed by atoms with van der Waals surface area (Å²) in [6, 6.07) is 28.0. The molecule has 3 aromatic rings. The maximum atomic E-state index is 6.85. The van der Waals surface area contributed by atoms with Gasteiger partial charge in [-0.15, -0.1) is 24.8 Å². The van der Waals surface area contributed by atoms with Crippen molar-refractivity contribution in [2.75, 3.05) is 0 Å². The summed E-state index contributed by atoms with van der Waals surface area (Å²) >= 11 is 2.71. The van der Waals surface area contributed by atoms with Crippen LogP contribution in [0.1, 0.15) is 96.9 Å². The van der Waals surface area contributed by atoms with Crippen molar-refractivity contribution in [1.29, 1.82) is 0 Å². The second-order valence-electron chi connectivity index (χ2n) is 18.0. The summed E-state index contributed by atoms with van der Waals surface area (Å²) in [5, 5.41) is 0.815. The molecule has 0 aliphatic heterocycles. The number of benzene rings is 3. The number of hydrogen-bond donors (Lipinski definition) is 0. The number of fused-ring (bicyclic) bond motifs is 6. The van der Waals surface area contributed by atoms with Gasteiger partial charge in [-0.25, -0.2) is 0 Å². The molecule has 0 N–H and O–H groups in total. The quantitative estimate of drug-likeness (QED) is 0.246. The molecule has 0 bridgehead atoms. The van der Waals surface area contributed by atoms with E-state index in [0.717, 1.165) is 24.3 Å². The fraction of sp³-hybridized carbons (Fsp3) is 0.396. The first-order chi connectivity index (χ1) is 23.6. The van der Waals surface area contributed by atoms with Gasteiger partial charge in [-0.3, -0.25) is 0 Å². The summed E-state index contributed by atoms with van der Waals surface area (Å²) in [6.45, 7) is 23.7. The van der Waals surface area contributed by atoms with E-state index in [4.69, 9.17) is 11.6 Å². The number of rotatable bonds is 4. The zero-order chi connectivity index (χ0) is 35.5. The molecule has 5 aliphatic rings. The summed E-state index contributed by atoms with van der Waals surface area (Å²) in [6.07, 6.45) is 16.7. The van der Waals surface area contributed by atoms with Crippen molar-refractivity contribution in [3.63, 3.8) is 0 Å². The molecular weight excluding hydrogens is 774 g/mol. The molecule has 3 aromatic carbocycles. The molecule has 0 aromatic heterocycles. The summed E-state index contributed by atoms with van der Waals surface area (Å²) in [4.78, 5) is 0. The molecule has 52 heavy (non-hydrogen) atoms. The average molecular weight is 831 g/mol. The van der Waals surface area contributed by atoms with Crippen molar-refractivity contribution in [2.24, 2.45) is 27.6 Å². The largest absolute Gasteiger partial charge is 0.147 e. The maximum Gasteiger partial charge on any atom is -0.147 e. The number of hydrogen-bond acceptors (Lipinski definition) is 0. The molecule has 1 fully saturated rings. The Hall–Kier alpha value is -2.02. The fourth-order valence-corrected chi connectivity index (χ4v) is 28.3. The summed E-state index contributed by atoms with van der Waals surface area (Å²) in [5.41, 5.74) is 12.0. The number of allylic oxidation sites excluding steroid dienone is 10. The molecule has 0 nitrogen and oxygen atoms in total. The van der Waals surface area contributed by atoms with Crippen molar-refractivity contribution in [3.05, 3.63) is 150 Å². The van der Waals surface area contributed by atoms with Crippen LogP contribution in [0.3, 0.4) is 0 Å². The summed E-state index contributed by atoms with van der Waals surface area (Å²) < 4.78 is 5.98. The normalized spacial score (nSPS) is 28.3. The smallest absolute Gasteiger partial charge is 0.147 e. The molecule has 0 heterocycles. The SMILES string of the molecule is Cc1cc[c]([Zr](=[CH]c2cccc(Cl)c2)([C]2=CC=CC2)[C]2(C)C3=C4Cc5ccccc5C4=C4C=CCCC4C3(C)C(C)(C)C(C)(C)C2(C)C)cc1.Cl.Cl. The van der Waals surface area contributed by atoms with Gasteiger partial charge in [-0.05, 0) is 0 Å². The average Bonchev–Trinajstić information content (AvgIpc) is 3.76. The van der Waals surface area contributed by atoms with Crippen LogP contribution in [-0.4, -0.2) is 3.71 Å². The van der Waals surface area contributed by atoms with Crippen LogP contribution in [0.15, 0.2) is 123 Å². The Morgan fingerprint density at radius 2 is 1.50 bits per heavy atom. The van der Waals surface area contributed by atoms with Gasteiger partial charge in [0.1, 0.15) is 0 Å². The van der Waals surface area contributed by atoms with Gasteiger partial charge >= 0.3 is 313 Å². The predicted molar refractivity (Wildman–Crippen MR) is 228 cm³/mol. The van der Waals surface area contributed by atoms with Gasteiger partial charge in [0.15, 0.2) is 0 Å². The Morgan fingerprint density at radius 3 is 2.17 bits per heavy atom. The first-order valence-electron chi connectivity index (χ1n) is 18.9. The number of halogens is 3. The van der Waals surface area contributed by atoms with Crippen molar-refractivity contribution in [1.82, 2.24) is 0 Å². The van der Waals surface area contributed by atoms with E-state index in [9.17, 15) is 0 Å². The molecule has 0 radical (unpaired) electrons. The minimum atomic E-state index is -4.13. The third kappa shape index (κ3) is 4.90. The van der Waals surface area contributed by atoms with Crippen LogP contribution in [0.5, 0.6) is 0 Å². The van der Waals surface area contributed by atoms with Crippen LogP contribution < -0.4 is 3.27 Å². The summed E-state index contributed by atoms with van der Waals surface area (Å²) in [5.74, 6) is 0.459. The van der Waals surface area contributed by atoms with Gasteiger partial charge in [-0.2, -0.15) is 0 Å². The Kier molecular flexibility index (Phi) is 10.2. The van der Waals surface area contributed by atoms with Gasteiger partial charge in [-0.1, -0.05) is 0 Å². The van der Waals surface area contributed by atoms with Gasteiger partial charge in [0, 0.05) is 0 Å². The van der Waals surface area contributed by atoms with E-state index in [1.807, 2.05) is 6.07 Å².